The van der Waals surface area contributed by atoms with E-state index in [4.69, 9.17) is 5.73 Å². The highest BCUT2D eigenvalue weighted by atomic mass is 32.2. The van der Waals surface area contributed by atoms with Crippen LogP contribution in [0.3, 0.4) is 0 Å². The van der Waals surface area contributed by atoms with Crippen LogP contribution >= 0.6 is 0 Å². The highest BCUT2D eigenvalue weighted by Gasteiger charge is 2.09. The summed E-state index contributed by atoms with van der Waals surface area (Å²) in [5.74, 6) is 0.423. The van der Waals surface area contributed by atoms with Crippen molar-refractivity contribution in [1.82, 2.24) is 0 Å². The molecule has 0 heterocycles. The van der Waals surface area contributed by atoms with Gasteiger partial charge in [0.05, 0.1) is 0 Å². The molecule has 0 bridgehead atoms. The fourth-order valence-electron chi connectivity index (χ4n) is 1.53. The molecule has 0 aliphatic heterocycles. The molecule has 0 radical (unpaired) electrons. The third kappa shape index (κ3) is 4.98. The molecule has 1 rings (SSSR count). The zero-order valence-corrected chi connectivity index (χ0v) is 11.5. The molecule has 1 aromatic rings. The van der Waals surface area contributed by atoms with Crippen molar-refractivity contribution in [1.29, 1.82) is 0 Å². The summed E-state index contributed by atoms with van der Waals surface area (Å²) in [6, 6.07) is 7.37. The van der Waals surface area contributed by atoms with Crippen molar-refractivity contribution in [2.45, 2.75) is 26.3 Å². The van der Waals surface area contributed by atoms with Crippen LogP contribution in [-0.2, 0) is 22.1 Å². The van der Waals surface area contributed by atoms with Crippen molar-refractivity contribution >= 4 is 22.4 Å². The molecule has 1 amide bonds. The number of carbonyl (C=O) groups is 1. The average molecular weight is 268 g/mol. The Kier molecular flexibility index (Phi) is 6.60. The smallest absolute Gasteiger partial charge is 0.236 e. The van der Waals surface area contributed by atoms with Gasteiger partial charge in [-0.05, 0) is 18.1 Å². The standard InChI is InChI=1S/C13H20N2O2S/c1-2-3-8-18(17)10-13(16)15-12-7-5-4-6-11(12)9-14/h4-7H,2-3,8-10,14H2,1H3,(H,15,16). The fraction of sp³-hybridized carbons (Fsp3) is 0.462. The molecule has 0 fully saturated rings. The quantitative estimate of drug-likeness (QED) is 0.789. The van der Waals surface area contributed by atoms with Crippen LogP contribution in [0, 0.1) is 0 Å². The molecule has 1 unspecified atom stereocenters. The summed E-state index contributed by atoms with van der Waals surface area (Å²) in [5.41, 5.74) is 7.17. The molecule has 1 aromatic carbocycles. The lowest BCUT2D eigenvalue weighted by Gasteiger charge is -2.09. The first-order valence-electron chi connectivity index (χ1n) is 6.10. The van der Waals surface area contributed by atoms with Crippen LogP contribution in [0.15, 0.2) is 24.3 Å². The predicted octanol–water partition coefficient (Wildman–Crippen LogP) is 1.63. The lowest BCUT2D eigenvalue weighted by molar-refractivity contribution is -0.113. The first-order valence-corrected chi connectivity index (χ1v) is 7.59. The highest BCUT2D eigenvalue weighted by Crippen LogP contribution is 2.13. The number of nitrogens with two attached hydrogens (primary N) is 1. The van der Waals surface area contributed by atoms with Crippen molar-refractivity contribution in [2.24, 2.45) is 5.73 Å². The van der Waals surface area contributed by atoms with Crippen LogP contribution < -0.4 is 11.1 Å². The maximum Gasteiger partial charge on any atom is 0.236 e. The molecule has 4 nitrogen and oxygen atoms in total. The monoisotopic (exact) mass is 268 g/mol. The second-order valence-corrected chi connectivity index (χ2v) is 5.63. The van der Waals surface area contributed by atoms with Gasteiger partial charge in [-0.25, -0.2) is 0 Å². The van der Waals surface area contributed by atoms with E-state index in [1.807, 2.05) is 25.1 Å². The van der Waals surface area contributed by atoms with Gasteiger partial charge >= 0.3 is 0 Å². The number of rotatable bonds is 7. The van der Waals surface area contributed by atoms with E-state index in [0.717, 1.165) is 18.4 Å². The third-order valence-electron chi connectivity index (χ3n) is 2.53. The van der Waals surface area contributed by atoms with Gasteiger partial charge in [0.25, 0.3) is 0 Å². The van der Waals surface area contributed by atoms with Crippen LogP contribution in [0.1, 0.15) is 25.3 Å². The Labute approximate surface area is 110 Å². The second kappa shape index (κ2) is 8.00. The molecule has 0 aliphatic carbocycles. The van der Waals surface area contributed by atoms with Crippen molar-refractivity contribution < 1.29 is 9.00 Å². The van der Waals surface area contributed by atoms with Crippen LogP contribution in [-0.4, -0.2) is 21.6 Å². The minimum absolute atomic E-state index is 0.0545. The highest BCUT2D eigenvalue weighted by molar-refractivity contribution is 7.85. The maximum atomic E-state index is 11.7. The van der Waals surface area contributed by atoms with E-state index >= 15 is 0 Å². The first-order chi connectivity index (χ1) is 8.67. The minimum atomic E-state index is -1.08. The molecule has 0 saturated carbocycles. The number of carbonyl (C=O) groups excluding carboxylic acids is 1. The minimum Gasteiger partial charge on any atom is -0.326 e. The summed E-state index contributed by atoms with van der Waals surface area (Å²) in [6.45, 7) is 2.41. The normalized spacial score (nSPS) is 12.1. The number of anilines is 1. The SMILES string of the molecule is CCCCS(=O)CC(=O)Nc1ccccc1CN. The van der Waals surface area contributed by atoms with E-state index in [9.17, 15) is 9.00 Å². The molecule has 0 aliphatic rings. The van der Waals surface area contributed by atoms with Crippen LogP contribution in [0.2, 0.25) is 0 Å². The summed E-state index contributed by atoms with van der Waals surface area (Å²) < 4.78 is 11.6. The lowest BCUT2D eigenvalue weighted by Crippen LogP contribution is -2.21. The van der Waals surface area contributed by atoms with E-state index in [2.05, 4.69) is 5.32 Å². The third-order valence-corrected chi connectivity index (χ3v) is 3.86. The van der Waals surface area contributed by atoms with Gasteiger partial charge in [-0.1, -0.05) is 31.5 Å². The first kappa shape index (κ1) is 14.9. The average Bonchev–Trinajstić information content (AvgIpc) is 2.36. The van der Waals surface area contributed by atoms with Crippen LogP contribution in [0.25, 0.3) is 0 Å². The summed E-state index contributed by atoms with van der Waals surface area (Å²) in [7, 11) is -1.08. The number of para-hydroxylation sites is 1. The Morgan fingerprint density at radius 2 is 2.11 bits per heavy atom. The van der Waals surface area contributed by atoms with Gasteiger partial charge in [-0.15, -0.1) is 0 Å². The van der Waals surface area contributed by atoms with Gasteiger partial charge in [0.2, 0.25) is 5.91 Å². The van der Waals surface area contributed by atoms with Crippen molar-refractivity contribution in [2.75, 3.05) is 16.8 Å². The zero-order valence-electron chi connectivity index (χ0n) is 10.6. The molecule has 0 aromatic heterocycles. The van der Waals surface area contributed by atoms with Crippen molar-refractivity contribution in [3.8, 4) is 0 Å². The number of benzene rings is 1. The topological polar surface area (TPSA) is 72.2 Å². The Morgan fingerprint density at radius 1 is 1.39 bits per heavy atom. The van der Waals surface area contributed by atoms with E-state index in [1.54, 1.807) is 6.07 Å². The number of hydrogen-bond donors (Lipinski definition) is 2. The Morgan fingerprint density at radius 3 is 2.78 bits per heavy atom. The molecular weight excluding hydrogens is 248 g/mol. The Bertz CT molecular complexity index is 421. The molecular formula is C13H20N2O2S. The fourth-order valence-corrected chi connectivity index (χ4v) is 2.65. The van der Waals surface area contributed by atoms with Gasteiger partial charge in [-0.3, -0.25) is 9.00 Å². The van der Waals surface area contributed by atoms with E-state index < -0.39 is 10.8 Å². The predicted molar refractivity (Wildman–Crippen MR) is 75.7 cm³/mol. The van der Waals surface area contributed by atoms with Crippen molar-refractivity contribution in [3.05, 3.63) is 29.8 Å². The van der Waals surface area contributed by atoms with Gasteiger partial charge in [-0.2, -0.15) is 0 Å². The van der Waals surface area contributed by atoms with E-state index in [1.165, 1.54) is 0 Å². The van der Waals surface area contributed by atoms with Crippen LogP contribution in [0.5, 0.6) is 0 Å². The summed E-state index contributed by atoms with van der Waals surface area (Å²) in [4.78, 5) is 11.7. The van der Waals surface area contributed by atoms with Gasteiger partial charge < -0.3 is 11.1 Å². The summed E-state index contributed by atoms with van der Waals surface area (Å²) in [6.07, 6.45) is 1.88. The molecule has 0 spiro atoms. The number of hydrogen-bond acceptors (Lipinski definition) is 3. The van der Waals surface area contributed by atoms with Gasteiger partial charge in [0.1, 0.15) is 5.75 Å². The number of amides is 1. The molecule has 0 saturated heterocycles. The molecule has 1 atom stereocenters. The Hall–Kier alpha value is -1.20. The second-order valence-electron chi connectivity index (χ2n) is 4.05. The molecule has 3 N–H and O–H groups in total. The van der Waals surface area contributed by atoms with Crippen molar-refractivity contribution in [3.63, 3.8) is 0 Å². The van der Waals surface area contributed by atoms with E-state index in [-0.39, 0.29) is 11.7 Å². The van der Waals surface area contributed by atoms with Gasteiger partial charge in [0.15, 0.2) is 0 Å². The molecule has 100 valence electrons. The number of unbranched alkanes of at least 4 members (excludes halogenated alkanes) is 1. The maximum absolute atomic E-state index is 11.7. The molecule has 5 heteroatoms. The lowest BCUT2D eigenvalue weighted by atomic mass is 10.2. The largest absolute Gasteiger partial charge is 0.326 e. The number of nitrogens with one attached hydrogen (secondary N) is 1. The summed E-state index contributed by atoms with van der Waals surface area (Å²) in [5, 5.41) is 2.76. The van der Waals surface area contributed by atoms with Crippen LogP contribution in [0.4, 0.5) is 5.69 Å². The zero-order chi connectivity index (χ0) is 13.4. The molecule has 18 heavy (non-hydrogen) atoms. The van der Waals surface area contributed by atoms with Gasteiger partial charge in [0, 0.05) is 28.8 Å². The summed E-state index contributed by atoms with van der Waals surface area (Å²) >= 11 is 0. The van der Waals surface area contributed by atoms with E-state index in [0.29, 0.717) is 18.0 Å². The Balaban J connectivity index is 2.51.